The fourth-order valence-electron chi connectivity index (χ4n) is 2.06. The molecule has 0 saturated carbocycles. The third-order valence-corrected chi connectivity index (χ3v) is 2.89. The zero-order valence-electron chi connectivity index (χ0n) is 7.93. The lowest BCUT2D eigenvalue weighted by Crippen LogP contribution is -2.49. The highest BCUT2D eigenvalue weighted by molar-refractivity contribution is 5.83. The molecule has 2 fully saturated rings. The summed E-state index contributed by atoms with van der Waals surface area (Å²) in [6.07, 6.45) is 1.64. The maximum Gasteiger partial charge on any atom is 0.273 e. The van der Waals surface area contributed by atoms with Crippen LogP contribution in [0.1, 0.15) is 19.3 Å². The molecule has 0 aliphatic carbocycles. The summed E-state index contributed by atoms with van der Waals surface area (Å²) in [7, 11) is 0. The van der Waals surface area contributed by atoms with Gasteiger partial charge in [-0.25, -0.2) is 8.78 Å². The van der Waals surface area contributed by atoms with Crippen LogP contribution >= 0.6 is 0 Å². The van der Waals surface area contributed by atoms with Crippen molar-refractivity contribution in [3.63, 3.8) is 0 Å². The molecule has 5 heteroatoms. The SMILES string of the molecule is O=C([C@@H]1NCCC1(F)F)N1CCCC1. The Bertz CT molecular complexity index is 239. The van der Waals surface area contributed by atoms with Crippen LogP contribution in [0.3, 0.4) is 0 Å². The van der Waals surface area contributed by atoms with Crippen LogP contribution in [0.15, 0.2) is 0 Å². The summed E-state index contributed by atoms with van der Waals surface area (Å²) < 4.78 is 26.4. The van der Waals surface area contributed by atoms with E-state index >= 15 is 0 Å². The molecule has 1 atom stereocenters. The van der Waals surface area contributed by atoms with E-state index in [0.717, 1.165) is 12.8 Å². The molecule has 2 aliphatic rings. The van der Waals surface area contributed by atoms with Gasteiger partial charge in [0.1, 0.15) is 0 Å². The predicted molar refractivity (Wildman–Crippen MR) is 47.2 cm³/mol. The first-order valence-electron chi connectivity index (χ1n) is 5.01. The Morgan fingerprint density at radius 1 is 1.36 bits per heavy atom. The normalized spacial score (nSPS) is 31.0. The Balaban J connectivity index is 2.03. The maximum atomic E-state index is 13.2. The highest BCUT2D eigenvalue weighted by atomic mass is 19.3. The van der Waals surface area contributed by atoms with Crippen molar-refractivity contribution < 1.29 is 13.6 Å². The smallest absolute Gasteiger partial charge is 0.273 e. The summed E-state index contributed by atoms with van der Waals surface area (Å²) in [5.41, 5.74) is 0. The summed E-state index contributed by atoms with van der Waals surface area (Å²) in [6.45, 7) is 1.50. The molecule has 2 rings (SSSR count). The Morgan fingerprint density at radius 3 is 2.50 bits per heavy atom. The first kappa shape index (κ1) is 9.83. The van der Waals surface area contributed by atoms with E-state index in [1.54, 1.807) is 0 Å². The van der Waals surface area contributed by atoms with Crippen LogP contribution in [0.4, 0.5) is 8.78 Å². The average Bonchev–Trinajstić information content (AvgIpc) is 2.71. The number of carbonyl (C=O) groups excluding carboxylic acids is 1. The number of hydrogen-bond acceptors (Lipinski definition) is 2. The molecule has 0 aromatic carbocycles. The molecule has 0 radical (unpaired) electrons. The van der Waals surface area contributed by atoms with E-state index in [-0.39, 0.29) is 13.0 Å². The molecule has 1 amide bonds. The van der Waals surface area contributed by atoms with Gasteiger partial charge in [-0.2, -0.15) is 0 Å². The van der Waals surface area contributed by atoms with Crippen molar-refractivity contribution in [1.82, 2.24) is 10.2 Å². The summed E-state index contributed by atoms with van der Waals surface area (Å²) in [5.74, 6) is -3.29. The lowest BCUT2D eigenvalue weighted by molar-refractivity contribution is -0.140. The minimum absolute atomic E-state index is 0.225. The standard InChI is InChI=1S/C9H14F2N2O/c10-9(11)3-4-12-7(9)8(14)13-5-1-2-6-13/h7,12H,1-6H2/t7-/m0/s1. The number of alkyl halides is 2. The van der Waals surface area contributed by atoms with Crippen LogP contribution in [0.25, 0.3) is 0 Å². The number of hydrogen-bond donors (Lipinski definition) is 1. The van der Waals surface area contributed by atoms with Crippen molar-refractivity contribution in [1.29, 1.82) is 0 Å². The molecule has 14 heavy (non-hydrogen) atoms. The molecule has 80 valence electrons. The second-order valence-electron chi connectivity index (χ2n) is 3.93. The molecule has 0 aromatic rings. The van der Waals surface area contributed by atoms with Crippen LogP contribution < -0.4 is 5.32 Å². The fourth-order valence-corrected chi connectivity index (χ4v) is 2.06. The molecule has 2 heterocycles. The number of amides is 1. The van der Waals surface area contributed by atoms with Crippen molar-refractivity contribution >= 4 is 5.91 Å². The van der Waals surface area contributed by atoms with Gasteiger partial charge in [-0.1, -0.05) is 0 Å². The number of rotatable bonds is 1. The molecule has 0 bridgehead atoms. The van der Waals surface area contributed by atoms with Crippen LogP contribution in [-0.2, 0) is 4.79 Å². The van der Waals surface area contributed by atoms with Crippen LogP contribution in [0.2, 0.25) is 0 Å². The highest BCUT2D eigenvalue weighted by Gasteiger charge is 2.49. The van der Waals surface area contributed by atoms with Crippen molar-refractivity contribution in [2.45, 2.75) is 31.2 Å². The summed E-state index contributed by atoms with van der Waals surface area (Å²) in [5, 5.41) is 2.58. The van der Waals surface area contributed by atoms with Crippen LogP contribution in [0, 0.1) is 0 Å². The lowest BCUT2D eigenvalue weighted by Gasteiger charge is -2.23. The molecule has 2 aliphatic heterocycles. The van der Waals surface area contributed by atoms with Crippen molar-refractivity contribution in [3.05, 3.63) is 0 Å². The number of nitrogens with zero attached hydrogens (tertiary/aromatic N) is 1. The maximum absolute atomic E-state index is 13.2. The molecule has 0 aromatic heterocycles. The minimum atomic E-state index is -2.86. The molecule has 3 nitrogen and oxygen atoms in total. The lowest BCUT2D eigenvalue weighted by atomic mass is 10.1. The van der Waals surface area contributed by atoms with Gasteiger partial charge in [-0.15, -0.1) is 0 Å². The second kappa shape index (κ2) is 3.46. The fraction of sp³-hybridized carbons (Fsp3) is 0.889. The average molecular weight is 204 g/mol. The summed E-state index contributed by atoms with van der Waals surface area (Å²) in [4.78, 5) is 13.2. The van der Waals surface area contributed by atoms with E-state index in [1.165, 1.54) is 4.90 Å². The Hall–Kier alpha value is -0.710. The van der Waals surface area contributed by atoms with E-state index in [9.17, 15) is 13.6 Å². The Kier molecular flexibility index (Phi) is 2.43. The Morgan fingerprint density at radius 2 is 2.00 bits per heavy atom. The number of nitrogens with one attached hydrogen (secondary N) is 1. The topological polar surface area (TPSA) is 32.3 Å². The predicted octanol–water partition coefficient (Wildman–Crippen LogP) is 0.606. The van der Waals surface area contributed by atoms with E-state index in [2.05, 4.69) is 5.32 Å². The van der Waals surface area contributed by atoms with E-state index in [4.69, 9.17) is 0 Å². The number of carbonyl (C=O) groups is 1. The quantitative estimate of drug-likeness (QED) is 0.678. The van der Waals surface area contributed by atoms with Crippen molar-refractivity contribution in [3.8, 4) is 0 Å². The number of likely N-dealkylation sites (tertiary alicyclic amines) is 1. The monoisotopic (exact) mass is 204 g/mol. The number of halogens is 2. The zero-order chi connectivity index (χ0) is 10.2. The van der Waals surface area contributed by atoms with Crippen molar-refractivity contribution in [2.24, 2.45) is 0 Å². The first-order chi connectivity index (χ1) is 6.61. The van der Waals surface area contributed by atoms with Gasteiger partial charge in [0, 0.05) is 26.1 Å². The zero-order valence-corrected chi connectivity index (χ0v) is 7.93. The molecular weight excluding hydrogens is 190 g/mol. The van der Waals surface area contributed by atoms with Gasteiger partial charge in [-0.3, -0.25) is 4.79 Å². The molecule has 0 unspecified atom stereocenters. The summed E-state index contributed by atoms with van der Waals surface area (Å²) in [6, 6.07) is -1.28. The Labute approximate surface area is 81.4 Å². The van der Waals surface area contributed by atoms with Gasteiger partial charge in [0.2, 0.25) is 5.91 Å². The third-order valence-electron chi connectivity index (χ3n) is 2.89. The van der Waals surface area contributed by atoms with E-state index < -0.39 is 17.9 Å². The van der Waals surface area contributed by atoms with Crippen LogP contribution in [0.5, 0.6) is 0 Å². The highest BCUT2D eigenvalue weighted by Crippen LogP contribution is 2.29. The van der Waals surface area contributed by atoms with Gasteiger partial charge < -0.3 is 10.2 Å². The third kappa shape index (κ3) is 1.61. The van der Waals surface area contributed by atoms with Crippen molar-refractivity contribution in [2.75, 3.05) is 19.6 Å². The summed E-state index contributed by atoms with van der Waals surface area (Å²) >= 11 is 0. The first-order valence-corrected chi connectivity index (χ1v) is 5.01. The van der Waals surface area contributed by atoms with Crippen LogP contribution in [-0.4, -0.2) is 42.4 Å². The molecular formula is C9H14F2N2O. The minimum Gasteiger partial charge on any atom is -0.341 e. The van der Waals surface area contributed by atoms with Gasteiger partial charge >= 0.3 is 0 Å². The largest absolute Gasteiger partial charge is 0.341 e. The van der Waals surface area contributed by atoms with E-state index in [0.29, 0.717) is 13.1 Å². The molecule has 1 N–H and O–H groups in total. The van der Waals surface area contributed by atoms with E-state index in [1.807, 2.05) is 0 Å². The van der Waals surface area contributed by atoms with Gasteiger partial charge in [0.25, 0.3) is 5.92 Å². The van der Waals surface area contributed by atoms with Gasteiger partial charge in [-0.05, 0) is 12.8 Å². The second-order valence-corrected chi connectivity index (χ2v) is 3.93. The molecule has 2 saturated heterocycles. The molecule has 0 spiro atoms. The van der Waals surface area contributed by atoms with Gasteiger partial charge in [0.15, 0.2) is 6.04 Å². The van der Waals surface area contributed by atoms with Gasteiger partial charge in [0.05, 0.1) is 0 Å².